The molecule has 0 unspecified atom stereocenters. The summed E-state index contributed by atoms with van der Waals surface area (Å²) in [7, 11) is 0. The number of Topliss-reactive ketones (excluding diaryl/α,β-unsaturated/α-hetero) is 1. The van der Waals surface area contributed by atoms with Gasteiger partial charge in [0.05, 0.1) is 12.1 Å². The highest BCUT2D eigenvalue weighted by atomic mass is 16.5. The third-order valence-electron chi connectivity index (χ3n) is 5.38. The molecule has 5 nitrogen and oxygen atoms in total. The minimum absolute atomic E-state index is 0.000444. The van der Waals surface area contributed by atoms with Crippen LogP contribution in [0.4, 0.5) is 0 Å². The van der Waals surface area contributed by atoms with Crippen LogP contribution in [0.2, 0.25) is 0 Å². The van der Waals surface area contributed by atoms with Crippen LogP contribution in [0.25, 0.3) is 0 Å². The number of hydrogen-bond donors (Lipinski definition) is 0. The van der Waals surface area contributed by atoms with E-state index in [4.69, 9.17) is 4.52 Å². The number of hydrogen-bond acceptors (Lipinski definition) is 4. The summed E-state index contributed by atoms with van der Waals surface area (Å²) in [6.45, 7) is 8.96. The number of aromatic nitrogens is 1. The standard InChI is InChI=1S/C21H26N2O3/c1-13-5-6-18(14(2)11-13)21(25)17-7-9-23(10-8-17)20(24)12-19-15(3)22-26-16(19)4/h5-6,11,17H,7-10,12H2,1-4H3. The quantitative estimate of drug-likeness (QED) is 0.788. The van der Waals surface area contributed by atoms with Gasteiger partial charge in [-0.2, -0.15) is 0 Å². The van der Waals surface area contributed by atoms with Gasteiger partial charge in [0, 0.05) is 30.1 Å². The summed E-state index contributed by atoms with van der Waals surface area (Å²) >= 11 is 0. The average molecular weight is 354 g/mol. The van der Waals surface area contributed by atoms with Crippen molar-refractivity contribution < 1.29 is 14.1 Å². The van der Waals surface area contributed by atoms with Gasteiger partial charge < -0.3 is 9.42 Å². The molecule has 1 aliphatic rings. The van der Waals surface area contributed by atoms with Gasteiger partial charge in [0.1, 0.15) is 5.76 Å². The molecule has 1 aliphatic heterocycles. The summed E-state index contributed by atoms with van der Waals surface area (Å²) in [6, 6.07) is 5.97. The normalized spacial score (nSPS) is 15.3. The van der Waals surface area contributed by atoms with Crippen molar-refractivity contribution in [3.8, 4) is 0 Å². The Morgan fingerprint density at radius 1 is 1.15 bits per heavy atom. The van der Waals surface area contributed by atoms with E-state index in [1.165, 1.54) is 5.56 Å². The third-order valence-corrected chi connectivity index (χ3v) is 5.38. The van der Waals surface area contributed by atoms with Crippen molar-refractivity contribution >= 4 is 11.7 Å². The summed E-state index contributed by atoms with van der Waals surface area (Å²) in [6.07, 6.45) is 1.76. The molecule has 1 amide bonds. The zero-order valence-corrected chi connectivity index (χ0v) is 16.0. The fraction of sp³-hybridized carbons (Fsp3) is 0.476. The van der Waals surface area contributed by atoms with Gasteiger partial charge in [-0.3, -0.25) is 9.59 Å². The number of rotatable bonds is 4. The topological polar surface area (TPSA) is 63.4 Å². The van der Waals surface area contributed by atoms with E-state index in [-0.39, 0.29) is 17.6 Å². The van der Waals surface area contributed by atoms with Crippen molar-refractivity contribution in [2.75, 3.05) is 13.1 Å². The molecule has 3 rings (SSSR count). The van der Waals surface area contributed by atoms with Gasteiger partial charge in [-0.25, -0.2) is 0 Å². The molecule has 1 aromatic carbocycles. The van der Waals surface area contributed by atoms with Gasteiger partial charge >= 0.3 is 0 Å². The number of piperidine rings is 1. The number of likely N-dealkylation sites (tertiary alicyclic amines) is 1. The Morgan fingerprint density at radius 2 is 1.85 bits per heavy atom. The summed E-state index contributed by atoms with van der Waals surface area (Å²) in [5.74, 6) is 0.993. The summed E-state index contributed by atoms with van der Waals surface area (Å²) < 4.78 is 5.14. The Labute approximate surface area is 154 Å². The monoisotopic (exact) mass is 354 g/mol. The van der Waals surface area contributed by atoms with Crippen molar-refractivity contribution in [1.82, 2.24) is 10.1 Å². The van der Waals surface area contributed by atoms with Gasteiger partial charge in [0.15, 0.2) is 5.78 Å². The maximum Gasteiger partial charge on any atom is 0.227 e. The molecular formula is C21H26N2O3. The van der Waals surface area contributed by atoms with Gasteiger partial charge in [-0.15, -0.1) is 0 Å². The Kier molecular flexibility index (Phi) is 5.25. The average Bonchev–Trinajstić information content (AvgIpc) is 2.93. The number of carbonyl (C=O) groups is 2. The van der Waals surface area contributed by atoms with Crippen molar-refractivity contribution in [2.24, 2.45) is 5.92 Å². The zero-order valence-electron chi connectivity index (χ0n) is 16.0. The minimum Gasteiger partial charge on any atom is -0.361 e. The molecule has 0 aliphatic carbocycles. The van der Waals surface area contributed by atoms with E-state index in [9.17, 15) is 9.59 Å². The molecule has 0 bridgehead atoms. The van der Waals surface area contributed by atoms with Crippen molar-refractivity contribution in [3.05, 3.63) is 51.9 Å². The molecule has 26 heavy (non-hydrogen) atoms. The van der Waals surface area contributed by atoms with Crippen LogP contribution in [0.15, 0.2) is 22.7 Å². The SMILES string of the molecule is Cc1ccc(C(=O)C2CCN(C(=O)Cc3c(C)noc3C)CC2)c(C)c1. The van der Waals surface area contributed by atoms with Gasteiger partial charge in [0.2, 0.25) is 5.91 Å². The molecular weight excluding hydrogens is 328 g/mol. The molecule has 138 valence electrons. The van der Waals surface area contributed by atoms with Crippen LogP contribution in [0.1, 0.15) is 51.3 Å². The largest absolute Gasteiger partial charge is 0.361 e. The smallest absolute Gasteiger partial charge is 0.227 e. The summed E-state index contributed by atoms with van der Waals surface area (Å²) in [5, 5.41) is 3.91. The molecule has 2 heterocycles. The van der Waals surface area contributed by atoms with Crippen LogP contribution in [0.3, 0.4) is 0 Å². The number of ketones is 1. The van der Waals surface area contributed by atoms with Crippen LogP contribution in [-0.4, -0.2) is 34.8 Å². The molecule has 0 radical (unpaired) electrons. The molecule has 2 aromatic rings. The lowest BCUT2D eigenvalue weighted by Crippen LogP contribution is -2.41. The first-order valence-electron chi connectivity index (χ1n) is 9.17. The second kappa shape index (κ2) is 7.44. The van der Waals surface area contributed by atoms with Crippen LogP contribution in [-0.2, 0) is 11.2 Å². The second-order valence-electron chi connectivity index (χ2n) is 7.32. The van der Waals surface area contributed by atoms with E-state index in [2.05, 4.69) is 11.2 Å². The van der Waals surface area contributed by atoms with Crippen molar-refractivity contribution in [1.29, 1.82) is 0 Å². The maximum atomic E-state index is 12.8. The molecule has 5 heteroatoms. The second-order valence-corrected chi connectivity index (χ2v) is 7.32. The number of benzene rings is 1. The molecule has 0 atom stereocenters. The minimum atomic E-state index is -0.000444. The highest BCUT2D eigenvalue weighted by molar-refractivity contribution is 5.99. The fourth-order valence-corrected chi connectivity index (χ4v) is 3.72. The molecule has 0 spiro atoms. The predicted molar refractivity (Wildman–Crippen MR) is 99.2 cm³/mol. The first-order valence-corrected chi connectivity index (χ1v) is 9.17. The molecule has 0 saturated carbocycles. The zero-order chi connectivity index (χ0) is 18.8. The molecule has 0 N–H and O–H groups in total. The lowest BCUT2D eigenvalue weighted by molar-refractivity contribution is -0.131. The summed E-state index contributed by atoms with van der Waals surface area (Å²) in [5.41, 5.74) is 4.67. The number of carbonyl (C=O) groups excluding carboxylic acids is 2. The van der Waals surface area contributed by atoms with E-state index >= 15 is 0 Å². The van der Waals surface area contributed by atoms with Gasteiger partial charge in [0.25, 0.3) is 0 Å². The fourth-order valence-electron chi connectivity index (χ4n) is 3.72. The molecule has 1 fully saturated rings. The highest BCUT2D eigenvalue weighted by Crippen LogP contribution is 2.25. The van der Waals surface area contributed by atoms with Crippen LogP contribution >= 0.6 is 0 Å². The Hall–Kier alpha value is -2.43. The Morgan fingerprint density at radius 3 is 2.42 bits per heavy atom. The van der Waals surface area contributed by atoms with E-state index in [1.54, 1.807) is 0 Å². The highest BCUT2D eigenvalue weighted by Gasteiger charge is 2.29. The number of amides is 1. The Balaban J connectivity index is 1.60. The lowest BCUT2D eigenvalue weighted by Gasteiger charge is -2.31. The van der Waals surface area contributed by atoms with Gasteiger partial charge in [-0.1, -0.05) is 28.9 Å². The lowest BCUT2D eigenvalue weighted by atomic mass is 9.87. The van der Waals surface area contributed by atoms with E-state index < -0.39 is 0 Å². The van der Waals surface area contributed by atoms with Crippen LogP contribution in [0, 0.1) is 33.6 Å². The number of aryl methyl sites for hydroxylation is 4. The molecule has 1 aromatic heterocycles. The van der Waals surface area contributed by atoms with Crippen molar-refractivity contribution in [3.63, 3.8) is 0 Å². The first-order chi connectivity index (χ1) is 12.4. The molecule has 1 saturated heterocycles. The Bertz CT molecular complexity index is 810. The maximum absolute atomic E-state index is 12.8. The van der Waals surface area contributed by atoms with Crippen LogP contribution in [0.5, 0.6) is 0 Å². The predicted octanol–water partition coefficient (Wildman–Crippen LogP) is 3.57. The third kappa shape index (κ3) is 3.71. The first kappa shape index (κ1) is 18.4. The van der Waals surface area contributed by atoms with E-state index in [1.807, 2.05) is 44.7 Å². The van der Waals surface area contributed by atoms with E-state index in [0.717, 1.165) is 35.2 Å². The van der Waals surface area contributed by atoms with Crippen LogP contribution < -0.4 is 0 Å². The van der Waals surface area contributed by atoms with Gasteiger partial charge in [-0.05, 0) is 46.1 Å². The number of nitrogens with zero attached hydrogens (tertiary/aromatic N) is 2. The summed E-state index contributed by atoms with van der Waals surface area (Å²) in [4.78, 5) is 27.3. The van der Waals surface area contributed by atoms with E-state index in [0.29, 0.717) is 25.3 Å². The van der Waals surface area contributed by atoms with Crippen molar-refractivity contribution in [2.45, 2.75) is 47.0 Å².